The number of carbonyl (C=O) groups is 3. The van der Waals surface area contributed by atoms with Gasteiger partial charge in [0.2, 0.25) is 5.91 Å². The fourth-order valence-corrected chi connectivity index (χ4v) is 2.75. The molecule has 0 saturated carbocycles. The number of carbonyl (C=O) groups excluding carboxylic acids is 3. The molecular weight excluding hydrogens is 408 g/mol. The zero-order valence-corrected chi connectivity index (χ0v) is 17.5. The number of ether oxygens (including phenoxy) is 1. The van der Waals surface area contributed by atoms with E-state index in [4.69, 9.17) is 4.74 Å². The summed E-state index contributed by atoms with van der Waals surface area (Å²) in [5.74, 6) is -0.424. The minimum atomic E-state index is -0.823. The minimum absolute atomic E-state index is 0.111. The van der Waals surface area contributed by atoms with Crippen molar-refractivity contribution in [2.24, 2.45) is 0 Å². The van der Waals surface area contributed by atoms with Crippen molar-refractivity contribution in [2.75, 3.05) is 16.0 Å². The van der Waals surface area contributed by atoms with E-state index in [9.17, 15) is 14.4 Å². The van der Waals surface area contributed by atoms with Crippen LogP contribution in [-0.4, -0.2) is 24.1 Å². The molecule has 0 spiro atoms. The van der Waals surface area contributed by atoms with Crippen LogP contribution in [-0.2, 0) is 16.1 Å². The van der Waals surface area contributed by atoms with E-state index in [1.807, 2.05) is 48.5 Å². The summed E-state index contributed by atoms with van der Waals surface area (Å²) in [5, 5.41) is 10.6. The molecule has 0 fully saturated rings. The maximum atomic E-state index is 12.4. The lowest BCUT2D eigenvalue weighted by molar-refractivity contribution is -0.117. The topological polar surface area (TPSA) is 109 Å². The van der Waals surface area contributed by atoms with Gasteiger partial charge in [0.25, 0.3) is 0 Å². The number of anilines is 3. The molecule has 3 aromatic rings. The maximum absolute atomic E-state index is 12.4. The number of urea groups is 1. The minimum Gasteiger partial charge on any atom is -0.445 e. The number of benzene rings is 3. The molecule has 32 heavy (non-hydrogen) atoms. The second kappa shape index (κ2) is 11.2. The molecule has 164 valence electrons. The van der Waals surface area contributed by atoms with Gasteiger partial charge in [0.05, 0.1) is 0 Å². The Kier molecular flexibility index (Phi) is 7.80. The number of hydrogen-bond donors (Lipinski definition) is 4. The van der Waals surface area contributed by atoms with E-state index in [1.165, 1.54) is 0 Å². The smallest absolute Gasteiger partial charge is 0.408 e. The van der Waals surface area contributed by atoms with Gasteiger partial charge in [-0.25, -0.2) is 9.59 Å². The molecular formula is C24H24N4O4. The Bertz CT molecular complexity index is 1060. The van der Waals surface area contributed by atoms with Gasteiger partial charge in [-0.3, -0.25) is 4.79 Å². The van der Waals surface area contributed by atoms with Gasteiger partial charge >= 0.3 is 12.1 Å². The number of para-hydroxylation sites is 1. The summed E-state index contributed by atoms with van der Waals surface area (Å²) in [7, 11) is 0. The molecule has 0 aliphatic rings. The van der Waals surface area contributed by atoms with Crippen molar-refractivity contribution in [3.8, 4) is 0 Å². The molecule has 0 bridgehead atoms. The SMILES string of the molecule is C[C@H](NC(=O)OCc1ccccc1)C(=O)Nc1cccc(NC(=O)Nc2ccccc2)c1. The van der Waals surface area contributed by atoms with Gasteiger partial charge in [0.15, 0.2) is 0 Å². The summed E-state index contributed by atoms with van der Waals surface area (Å²) in [5.41, 5.74) is 2.48. The highest BCUT2D eigenvalue weighted by atomic mass is 16.5. The van der Waals surface area contributed by atoms with Gasteiger partial charge in [-0.15, -0.1) is 0 Å². The highest BCUT2D eigenvalue weighted by Crippen LogP contribution is 2.16. The summed E-state index contributed by atoms with van der Waals surface area (Å²) in [6.07, 6.45) is -0.690. The van der Waals surface area contributed by atoms with Gasteiger partial charge in [0, 0.05) is 17.1 Å². The Hall–Kier alpha value is -4.33. The summed E-state index contributed by atoms with van der Waals surface area (Å²) >= 11 is 0. The Morgan fingerprint density at radius 1 is 0.750 bits per heavy atom. The lowest BCUT2D eigenvalue weighted by atomic mass is 10.2. The van der Waals surface area contributed by atoms with E-state index in [1.54, 1.807) is 43.3 Å². The van der Waals surface area contributed by atoms with Crippen LogP contribution in [0.4, 0.5) is 26.7 Å². The van der Waals surface area contributed by atoms with Gasteiger partial charge in [-0.05, 0) is 42.8 Å². The third-order valence-electron chi connectivity index (χ3n) is 4.36. The number of rotatable bonds is 7. The van der Waals surface area contributed by atoms with Gasteiger partial charge in [-0.2, -0.15) is 0 Å². The molecule has 3 rings (SSSR count). The first-order chi connectivity index (χ1) is 15.5. The van der Waals surface area contributed by atoms with Crippen LogP contribution in [0.15, 0.2) is 84.9 Å². The maximum Gasteiger partial charge on any atom is 0.408 e. The second-order valence-electron chi connectivity index (χ2n) is 6.94. The highest BCUT2D eigenvalue weighted by Gasteiger charge is 2.17. The molecule has 3 aromatic carbocycles. The fourth-order valence-electron chi connectivity index (χ4n) is 2.75. The Morgan fingerprint density at radius 2 is 1.31 bits per heavy atom. The fraction of sp³-hybridized carbons (Fsp3) is 0.125. The van der Waals surface area contributed by atoms with E-state index in [0.29, 0.717) is 17.1 Å². The van der Waals surface area contributed by atoms with Crippen LogP contribution in [0.25, 0.3) is 0 Å². The molecule has 0 saturated heterocycles. The summed E-state index contributed by atoms with van der Waals surface area (Å²) < 4.78 is 5.13. The van der Waals surface area contributed by atoms with Crippen LogP contribution >= 0.6 is 0 Å². The zero-order valence-electron chi connectivity index (χ0n) is 17.5. The van der Waals surface area contributed by atoms with Crippen molar-refractivity contribution < 1.29 is 19.1 Å². The van der Waals surface area contributed by atoms with E-state index in [0.717, 1.165) is 5.56 Å². The number of amides is 4. The van der Waals surface area contributed by atoms with Crippen molar-refractivity contribution in [1.82, 2.24) is 5.32 Å². The first-order valence-corrected chi connectivity index (χ1v) is 10.0. The van der Waals surface area contributed by atoms with E-state index in [-0.39, 0.29) is 6.61 Å². The second-order valence-corrected chi connectivity index (χ2v) is 6.94. The normalized spacial score (nSPS) is 11.0. The third kappa shape index (κ3) is 7.17. The first-order valence-electron chi connectivity index (χ1n) is 10.0. The predicted molar refractivity (Wildman–Crippen MR) is 123 cm³/mol. The number of hydrogen-bond acceptors (Lipinski definition) is 4. The third-order valence-corrected chi connectivity index (χ3v) is 4.36. The molecule has 0 radical (unpaired) electrons. The molecule has 4 amide bonds. The van der Waals surface area contributed by atoms with Crippen LogP contribution < -0.4 is 21.3 Å². The Labute approximate surface area is 186 Å². The van der Waals surface area contributed by atoms with Crippen LogP contribution in [0.1, 0.15) is 12.5 Å². The molecule has 4 N–H and O–H groups in total. The van der Waals surface area contributed by atoms with E-state index in [2.05, 4.69) is 21.3 Å². The molecule has 0 aliphatic heterocycles. The quantitative estimate of drug-likeness (QED) is 0.438. The van der Waals surface area contributed by atoms with E-state index < -0.39 is 24.1 Å². The van der Waals surface area contributed by atoms with Crippen LogP contribution in [0.5, 0.6) is 0 Å². The van der Waals surface area contributed by atoms with Crippen molar-refractivity contribution in [3.05, 3.63) is 90.5 Å². The van der Waals surface area contributed by atoms with Crippen LogP contribution in [0.2, 0.25) is 0 Å². The van der Waals surface area contributed by atoms with Crippen molar-refractivity contribution in [1.29, 1.82) is 0 Å². The highest BCUT2D eigenvalue weighted by molar-refractivity contribution is 6.01. The Morgan fingerprint density at radius 3 is 2.00 bits per heavy atom. The standard InChI is InChI=1S/C24H24N4O4/c1-17(25-24(31)32-16-18-9-4-2-5-10-18)22(29)26-20-13-8-14-21(15-20)28-23(30)27-19-11-6-3-7-12-19/h2-15,17H,16H2,1H3,(H,25,31)(H,26,29)(H2,27,28,30)/t17-/m0/s1. The van der Waals surface area contributed by atoms with Crippen LogP contribution in [0, 0.1) is 0 Å². The van der Waals surface area contributed by atoms with Gasteiger partial charge in [0.1, 0.15) is 12.6 Å². The predicted octanol–water partition coefficient (Wildman–Crippen LogP) is 4.58. The molecule has 0 aromatic heterocycles. The van der Waals surface area contributed by atoms with Crippen molar-refractivity contribution >= 4 is 35.1 Å². The number of alkyl carbamates (subject to hydrolysis) is 1. The molecule has 0 aliphatic carbocycles. The lowest BCUT2D eigenvalue weighted by Gasteiger charge is -2.15. The largest absolute Gasteiger partial charge is 0.445 e. The molecule has 1 atom stereocenters. The summed E-state index contributed by atoms with van der Waals surface area (Å²) in [6.45, 7) is 1.66. The van der Waals surface area contributed by atoms with Crippen LogP contribution in [0.3, 0.4) is 0 Å². The molecule has 0 unspecified atom stereocenters. The summed E-state index contributed by atoms with van der Waals surface area (Å²) in [4.78, 5) is 36.5. The van der Waals surface area contributed by atoms with E-state index >= 15 is 0 Å². The lowest BCUT2D eigenvalue weighted by Crippen LogP contribution is -2.41. The molecule has 8 nitrogen and oxygen atoms in total. The van der Waals surface area contributed by atoms with Crippen molar-refractivity contribution in [2.45, 2.75) is 19.6 Å². The zero-order chi connectivity index (χ0) is 22.8. The monoisotopic (exact) mass is 432 g/mol. The van der Waals surface area contributed by atoms with Gasteiger partial charge < -0.3 is 26.0 Å². The summed E-state index contributed by atoms with van der Waals surface area (Å²) in [6, 6.07) is 23.7. The van der Waals surface area contributed by atoms with Gasteiger partial charge in [-0.1, -0.05) is 54.6 Å². The van der Waals surface area contributed by atoms with Crippen molar-refractivity contribution in [3.63, 3.8) is 0 Å². The molecule has 8 heteroatoms. The Balaban J connectivity index is 1.47. The first kappa shape index (κ1) is 22.4. The average Bonchev–Trinajstić information content (AvgIpc) is 2.79. The molecule has 0 heterocycles. The number of nitrogens with one attached hydrogen (secondary N) is 4. The average molecular weight is 432 g/mol.